The van der Waals surface area contributed by atoms with E-state index in [1.807, 2.05) is 0 Å². The molecule has 0 aliphatic rings. The normalized spacial score (nSPS) is 9.82. The number of hydrogen-bond donors (Lipinski definition) is 2. The van der Waals surface area contributed by atoms with Gasteiger partial charge in [-0.15, -0.1) is 0 Å². The highest BCUT2D eigenvalue weighted by atomic mass is 16.5. The molecule has 0 unspecified atom stereocenters. The van der Waals surface area contributed by atoms with E-state index in [1.54, 1.807) is 12.1 Å². The van der Waals surface area contributed by atoms with Gasteiger partial charge in [0.1, 0.15) is 0 Å². The van der Waals surface area contributed by atoms with E-state index in [0.29, 0.717) is 42.3 Å². The molecule has 0 spiro atoms. The van der Waals surface area contributed by atoms with Gasteiger partial charge in [0.05, 0.1) is 21.3 Å². The summed E-state index contributed by atoms with van der Waals surface area (Å²) < 4.78 is 15.6. The van der Waals surface area contributed by atoms with Crippen molar-refractivity contribution in [1.29, 1.82) is 0 Å². The molecule has 1 rings (SSSR count). The third-order valence-corrected chi connectivity index (χ3v) is 2.94. The second kappa shape index (κ2) is 8.76. The lowest BCUT2D eigenvalue weighted by Gasteiger charge is -2.14. The minimum atomic E-state index is -0.248. The van der Waals surface area contributed by atoms with E-state index in [0.717, 1.165) is 0 Å². The minimum Gasteiger partial charge on any atom is -0.493 e. The van der Waals surface area contributed by atoms with Crippen molar-refractivity contribution in [1.82, 2.24) is 10.6 Å². The number of nitrogens with one attached hydrogen (secondary N) is 2. The van der Waals surface area contributed by atoms with E-state index < -0.39 is 0 Å². The number of methoxy groups -OCH3 is 3. The minimum absolute atomic E-state index is 0.0871. The van der Waals surface area contributed by atoms with E-state index >= 15 is 0 Å². The van der Waals surface area contributed by atoms with Gasteiger partial charge >= 0.3 is 0 Å². The smallest absolute Gasteiger partial charge is 0.251 e. The summed E-state index contributed by atoms with van der Waals surface area (Å²) in [4.78, 5) is 22.9. The zero-order valence-corrected chi connectivity index (χ0v) is 13.3. The molecular formula is C15H22N2O5. The lowest BCUT2D eigenvalue weighted by Crippen LogP contribution is -2.28. The van der Waals surface area contributed by atoms with Crippen molar-refractivity contribution in [2.24, 2.45) is 0 Å². The molecule has 7 heteroatoms. The van der Waals surface area contributed by atoms with Crippen molar-refractivity contribution in [2.45, 2.75) is 13.3 Å². The Labute approximate surface area is 129 Å². The molecule has 2 amide bonds. The predicted octanol–water partition coefficient (Wildman–Crippen LogP) is 0.968. The number of amides is 2. The average molecular weight is 310 g/mol. The molecule has 22 heavy (non-hydrogen) atoms. The van der Waals surface area contributed by atoms with Crippen LogP contribution in [-0.4, -0.2) is 46.2 Å². The van der Waals surface area contributed by atoms with E-state index in [-0.39, 0.29) is 11.8 Å². The van der Waals surface area contributed by atoms with Gasteiger partial charge in [0, 0.05) is 25.6 Å². The van der Waals surface area contributed by atoms with Crippen LogP contribution in [0.1, 0.15) is 23.7 Å². The van der Waals surface area contributed by atoms with Crippen molar-refractivity contribution in [3.8, 4) is 17.2 Å². The molecular weight excluding hydrogens is 288 g/mol. The molecule has 0 atom stereocenters. The summed E-state index contributed by atoms with van der Waals surface area (Å²) in [6, 6.07) is 3.18. The van der Waals surface area contributed by atoms with Crippen LogP contribution in [0.15, 0.2) is 12.1 Å². The Morgan fingerprint density at radius 2 is 1.50 bits per heavy atom. The van der Waals surface area contributed by atoms with E-state index in [4.69, 9.17) is 14.2 Å². The van der Waals surface area contributed by atoms with Crippen LogP contribution in [-0.2, 0) is 4.79 Å². The lowest BCUT2D eigenvalue weighted by atomic mass is 10.1. The van der Waals surface area contributed by atoms with Gasteiger partial charge in [-0.1, -0.05) is 0 Å². The Bertz CT molecular complexity index is 506. The first-order valence-corrected chi connectivity index (χ1v) is 6.86. The summed E-state index contributed by atoms with van der Waals surface area (Å²) in [5.41, 5.74) is 0.411. The fraction of sp³-hybridized carbons (Fsp3) is 0.467. The van der Waals surface area contributed by atoms with Crippen LogP contribution < -0.4 is 24.8 Å². The van der Waals surface area contributed by atoms with Gasteiger partial charge < -0.3 is 24.8 Å². The van der Waals surface area contributed by atoms with E-state index in [1.165, 1.54) is 28.3 Å². The molecule has 122 valence electrons. The molecule has 0 aromatic heterocycles. The number of rotatable bonds is 8. The molecule has 2 N–H and O–H groups in total. The monoisotopic (exact) mass is 310 g/mol. The Morgan fingerprint density at radius 1 is 0.955 bits per heavy atom. The molecule has 0 saturated heterocycles. The van der Waals surface area contributed by atoms with Crippen LogP contribution in [0.2, 0.25) is 0 Å². The van der Waals surface area contributed by atoms with Crippen LogP contribution in [0.3, 0.4) is 0 Å². The maximum Gasteiger partial charge on any atom is 0.251 e. The highest BCUT2D eigenvalue weighted by Crippen LogP contribution is 2.38. The van der Waals surface area contributed by atoms with Crippen LogP contribution in [0, 0.1) is 0 Å². The largest absolute Gasteiger partial charge is 0.493 e. The van der Waals surface area contributed by atoms with Gasteiger partial charge in [0.2, 0.25) is 11.7 Å². The summed E-state index contributed by atoms with van der Waals surface area (Å²) in [5.74, 6) is 0.945. The van der Waals surface area contributed by atoms with Gasteiger partial charge in [-0.2, -0.15) is 0 Å². The number of carbonyl (C=O) groups is 2. The number of carbonyl (C=O) groups excluding carboxylic acids is 2. The molecule has 1 aromatic rings. The van der Waals surface area contributed by atoms with Gasteiger partial charge in [0.15, 0.2) is 11.5 Å². The van der Waals surface area contributed by atoms with Crippen molar-refractivity contribution >= 4 is 11.8 Å². The zero-order chi connectivity index (χ0) is 16.5. The second-order valence-electron chi connectivity index (χ2n) is 4.51. The standard InChI is InChI=1S/C15H22N2O5/c1-10(18)16-6-5-7-17-15(19)11-8-12(20-2)14(22-4)13(9-11)21-3/h8-9H,5-7H2,1-4H3,(H,16,18)(H,17,19). The topological polar surface area (TPSA) is 85.9 Å². The Balaban J connectivity index is 2.71. The first kappa shape index (κ1) is 17.6. The summed E-state index contributed by atoms with van der Waals surface area (Å²) in [6.07, 6.45) is 0.649. The van der Waals surface area contributed by atoms with Crippen molar-refractivity contribution in [3.05, 3.63) is 17.7 Å². The number of ether oxygens (including phenoxy) is 3. The first-order valence-electron chi connectivity index (χ1n) is 6.86. The Kier molecular flexibility index (Phi) is 7.01. The summed E-state index contributed by atoms with van der Waals surface area (Å²) in [5, 5.41) is 5.43. The zero-order valence-electron chi connectivity index (χ0n) is 13.3. The highest BCUT2D eigenvalue weighted by Gasteiger charge is 2.16. The predicted molar refractivity (Wildman–Crippen MR) is 81.7 cm³/mol. The molecule has 0 fully saturated rings. The Hall–Kier alpha value is -2.44. The molecule has 0 bridgehead atoms. The van der Waals surface area contributed by atoms with Gasteiger partial charge in [-0.3, -0.25) is 9.59 Å². The Morgan fingerprint density at radius 3 is 1.95 bits per heavy atom. The summed E-state index contributed by atoms with van der Waals surface area (Å²) >= 11 is 0. The molecule has 0 heterocycles. The maximum absolute atomic E-state index is 12.1. The first-order chi connectivity index (χ1) is 10.5. The van der Waals surface area contributed by atoms with Crippen LogP contribution in [0.5, 0.6) is 17.2 Å². The van der Waals surface area contributed by atoms with Crippen LogP contribution in [0.25, 0.3) is 0 Å². The number of hydrogen-bond acceptors (Lipinski definition) is 5. The van der Waals surface area contributed by atoms with Gasteiger partial charge in [0.25, 0.3) is 5.91 Å². The molecule has 0 aliphatic heterocycles. The third-order valence-electron chi connectivity index (χ3n) is 2.94. The quantitative estimate of drug-likeness (QED) is 0.699. The maximum atomic E-state index is 12.1. The second-order valence-corrected chi connectivity index (χ2v) is 4.51. The SMILES string of the molecule is COc1cc(C(=O)NCCCNC(C)=O)cc(OC)c1OC. The summed E-state index contributed by atoms with van der Waals surface area (Å²) in [6.45, 7) is 2.43. The van der Waals surface area contributed by atoms with E-state index in [9.17, 15) is 9.59 Å². The highest BCUT2D eigenvalue weighted by molar-refractivity contribution is 5.95. The molecule has 0 aliphatic carbocycles. The molecule has 0 saturated carbocycles. The molecule has 7 nitrogen and oxygen atoms in total. The van der Waals surface area contributed by atoms with Gasteiger partial charge in [-0.25, -0.2) is 0 Å². The molecule has 1 aromatic carbocycles. The van der Waals surface area contributed by atoms with Crippen molar-refractivity contribution < 1.29 is 23.8 Å². The van der Waals surface area contributed by atoms with Gasteiger partial charge in [-0.05, 0) is 18.6 Å². The van der Waals surface area contributed by atoms with Crippen molar-refractivity contribution in [3.63, 3.8) is 0 Å². The summed E-state index contributed by atoms with van der Waals surface area (Å²) in [7, 11) is 4.49. The molecule has 0 radical (unpaired) electrons. The van der Waals surface area contributed by atoms with Crippen molar-refractivity contribution in [2.75, 3.05) is 34.4 Å². The third kappa shape index (κ3) is 4.83. The fourth-order valence-electron chi connectivity index (χ4n) is 1.87. The van der Waals surface area contributed by atoms with Crippen LogP contribution >= 0.6 is 0 Å². The lowest BCUT2D eigenvalue weighted by molar-refractivity contribution is -0.118. The average Bonchev–Trinajstić information content (AvgIpc) is 2.52. The fourth-order valence-corrected chi connectivity index (χ4v) is 1.87. The van der Waals surface area contributed by atoms with Crippen LogP contribution in [0.4, 0.5) is 0 Å². The van der Waals surface area contributed by atoms with E-state index in [2.05, 4.69) is 10.6 Å². The number of benzene rings is 1.